The minimum atomic E-state index is -0.250. The predicted molar refractivity (Wildman–Crippen MR) is 67.0 cm³/mol. The Morgan fingerprint density at radius 3 is 3.00 bits per heavy atom. The molecule has 0 saturated carbocycles. The summed E-state index contributed by atoms with van der Waals surface area (Å²) in [6.45, 7) is 1.78. The van der Waals surface area contributed by atoms with Crippen LogP contribution in [0.2, 0.25) is 0 Å². The first-order valence-electron chi connectivity index (χ1n) is 5.77. The molecule has 2 aliphatic heterocycles. The minimum absolute atomic E-state index is 0.0179. The Hall–Kier alpha value is -0.750. The van der Waals surface area contributed by atoms with Gasteiger partial charge in [-0.2, -0.15) is 0 Å². The number of nitrogens with zero attached hydrogens (tertiary/aromatic N) is 2. The first kappa shape index (κ1) is 12.7. The fourth-order valence-corrected chi connectivity index (χ4v) is 3.08. The summed E-state index contributed by atoms with van der Waals surface area (Å²) >= 11 is 1.65. The van der Waals surface area contributed by atoms with Gasteiger partial charge in [0.25, 0.3) is 0 Å². The lowest BCUT2D eigenvalue weighted by atomic mass is 10.1. The van der Waals surface area contributed by atoms with E-state index in [-0.39, 0.29) is 23.6 Å². The molecule has 17 heavy (non-hydrogen) atoms. The molecule has 0 N–H and O–H groups in total. The molecule has 3 atom stereocenters. The third kappa shape index (κ3) is 3.13. The van der Waals surface area contributed by atoms with Gasteiger partial charge in [-0.15, -0.1) is 0 Å². The lowest BCUT2D eigenvalue weighted by molar-refractivity contribution is -0.147. The highest BCUT2D eigenvalue weighted by molar-refractivity contribution is 8.14. The first-order valence-corrected chi connectivity index (χ1v) is 6.65. The topological polar surface area (TPSA) is 51.1 Å². The molecule has 0 bridgehead atoms. The van der Waals surface area contributed by atoms with Crippen molar-refractivity contribution in [2.75, 3.05) is 20.7 Å². The smallest absolute Gasteiger partial charge is 0.302 e. The number of thioether (sulfide) groups is 1. The molecule has 0 radical (unpaired) electrons. The molecular weight excluding hydrogens is 240 g/mol. The van der Waals surface area contributed by atoms with Crippen molar-refractivity contribution in [1.82, 2.24) is 4.90 Å². The number of fused-ring (bicyclic) bond motifs is 1. The molecule has 0 amide bonds. The number of rotatable bonds is 2. The average molecular weight is 258 g/mol. The van der Waals surface area contributed by atoms with Crippen LogP contribution in [-0.4, -0.2) is 54.3 Å². The fourth-order valence-electron chi connectivity index (χ4n) is 1.90. The van der Waals surface area contributed by atoms with Gasteiger partial charge in [0.05, 0.1) is 12.1 Å². The van der Waals surface area contributed by atoms with Crippen molar-refractivity contribution in [3.8, 4) is 0 Å². The molecule has 0 spiro atoms. The van der Waals surface area contributed by atoms with Gasteiger partial charge in [-0.05, 0) is 12.8 Å². The minimum Gasteiger partial charge on any atom is -0.463 e. The van der Waals surface area contributed by atoms with Crippen LogP contribution < -0.4 is 0 Å². The molecule has 2 heterocycles. The fraction of sp³-hybridized carbons (Fsp3) is 0.818. The normalized spacial score (nSPS) is 31.7. The van der Waals surface area contributed by atoms with Crippen LogP contribution in [0.5, 0.6) is 0 Å². The number of hydrogen-bond donors (Lipinski definition) is 0. The number of ether oxygens (including phenoxy) is 2. The highest BCUT2D eigenvalue weighted by atomic mass is 32.2. The van der Waals surface area contributed by atoms with Crippen molar-refractivity contribution >= 4 is 22.9 Å². The van der Waals surface area contributed by atoms with Crippen molar-refractivity contribution in [2.24, 2.45) is 4.99 Å². The molecular formula is C11H18N2O3S. The van der Waals surface area contributed by atoms with Crippen molar-refractivity contribution in [2.45, 2.75) is 37.3 Å². The van der Waals surface area contributed by atoms with Crippen LogP contribution in [0.4, 0.5) is 0 Å². The van der Waals surface area contributed by atoms with E-state index in [1.165, 1.54) is 6.92 Å². The highest BCUT2D eigenvalue weighted by Gasteiger charge is 2.37. The largest absolute Gasteiger partial charge is 0.463 e. The van der Waals surface area contributed by atoms with E-state index < -0.39 is 0 Å². The second kappa shape index (κ2) is 5.27. The van der Waals surface area contributed by atoms with E-state index in [1.807, 2.05) is 19.0 Å². The molecule has 0 aromatic carbocycles. The standard InChI is InChI=1S/C11H18N2O3S/c1-7(14)15-6-8-4-5-9-10(16-8)17-11(12-9)13(2)3/h8-10H,4-6H2,1-3H3/t8-,9?,10?/m1/s1. The van der Waals surface area contributed by atoms with Crippen LogP contribution in [0.15, 0.2) is 4.99 Å². The van der Waals surface area contributed by atoms with E-state index in [0.717, 1.165) is 18.0 Å². The number of carbonyl (C=O) groups excluding carboxylic acids is 1. The summed E-state index contributed by atoms with van der Waals surface area (Å²) in [5, 5.41) is 1.02. The van der Waals surface area contributed by atoms with Crippen LogP contribution in [0.25, 0.3) is 0 Å². The molecule has 2 rings (SSSR count). The van der Waals surface area contributed by atoms with Crippen LogP contribution in [0.1, 0.15) is 19.8 Å². The summed E-state index contributed by atoms with van der Waals surface area (Å²) in [6.07, 6.45) is 1.92. The molecule has 2 aliphatic rings. The molecule has 1 fully saturated rings. The van der Waals surface area contributed by atoms with Gasteiger partial charge in [0, 0.05) is 21.0 Å². The van der Waals surface area contributed by atoms with E-state index in [2.05, 4.69) is 4.99 Å². The zero-order valence-electron chi connectivity index (χ0n) is 10.4. The van der Waals surface area contributed by atoms with E-state index in [9.17, 15) is 4.79 Å². The maximum Gasteiger partial charge on any atom is 0.302 e. The molecule has 0 aromatic rings. The van der Waals surface area contributed by atoms with Gasteiger partial charge in [0.15, 0.2) is 5.17 Å². The van der Waals surface area contributed by atoms with Gasteiger partial charge in [-0.25, -0.2) is 0 Å². The Kier molecular flexibility index (Phi) is 3.93. The molecule has 0 aliphatic carbocycles. The van der Waals surface area contributed by atoms with Gasteiger partial charge >= 0.3 is 5.97 Å². The van der Waals surface area contributed by atoms with Crippen LogP contribution in [0.3, 0.4) is 0 Å². The Balaban J connectivity index is 1.84. The summed E-state index contributed by atoms with van der Waals surface area (Å²) in [5.74, 6) is -0.250. The number of carbonyl (C=O) groups is 1. The van der Waals surface area contributed by atoms with E-state index in [1.54, 1.807) is 11.8 Å². The maximum atomic E-state index is 10.7. The third-order valence-electron chi connectivity index (χ3n) is 2.78. The van der Waals surface area contributed by atoms with Crippen molar-refractivity contribution in [3.63, 3.8) is 0 Å². The maximum absolute atomic E-state index is 10.7. The Bertz CT molecular complexity index is 333. The van der Waals surface area contributed by atoms with Gasteiger partial charge < -0.3 is 14.4 Å². The molecule has 96 valence electrons. The van der Waals surface area contributed by atoms with Crippen LogP contribution in [-0.2, 0) is 14.3 Å². The number of aliphatic imine (C=N–C) groups is 1. The van der Waals surface area contributed by atoms with Gasteiger partial charge in [0.1, 0.15) is 12.0 Å². The predicted octanol–water partition coefficient (Wildman–Crippen LogP) is 1.09. The van der Waals surface area contributed by atoms with Crippen LogP contribution in [0, 0.1) is 0 Å². The Labute approximate surface area is 106 Å². The van der Waals surface area contributed by atoms with Crippen molar-refractivity contribution in [3.05, 3.63) is 0 Å². The summed E-state index contributed by atoms with van der Waals surface area (Å²) < 4.78 is 10.9. The highest BCUT2D eigenvalue weighted by Crippen LogP contribution is 2.36. The molecule has 6 heteroatoms. The quantitative estimate of drug-likeness (QED) is 0.694. The van der Waals surface area contributed by atoms with E-state index in [0.29, 0.717) is 6.61 Å². The third-order valence-corrected chi connectivity index (χ3v) is 4.12. The SMILES string of the molecule is CC(=O)OC[C@H]1CCC2N=C(N(C)C)SC2O1. The molecule has 1 saturated heterocycles. The monoisotopic (exact) mass is 258 g/mol. The summed E-state index contributed by atoms with van der Waals surface area (Å²) in [4.78, 5) is 17.4. The summed E-state index contributed by atoms with van der Waals surface area (Å²) in [5.41, 5.74) is 0.0849. The van der Waals surface area contributed by atoms with Crippen molar-refractivity contribution < 1.29 is 14.3 Å². The number of esters is 1. The molecule has 2 unspecified atom stereocenters. The average Bonchev–Trinajstić information content (AvgIpc) is 2.69. The number of amidine groups is 1. The lowest BCUT2D eigenvalue weighted by Crippen LogP contribution is -2.36. The van der Waals surface area contributed by atoms with Gasteiger partial charge in [-0.1, -0.05) is 11.8 Å². The second-order valence-electron chi connectivity index (χ2n) is 4.50. The van der Waals surface area contributed by atoms with Gasteiger partial charge in [-0.3, -0.25) is 9.79 Å². The van der Waals surface area contributed by atoms with Crippen LogP contribution >= 0.6 is 11.8 Å². The first-order chi connectivity index (χ1) is 8.06. The lowest BCUT2D eigenvalue weighted by Gasteiger charge is -2.30. The number of hydrogen-bond acceptors (Lipinski definition) is 6. The molecule has 0 aromatic heterocycles. The molecule has 5 nitrogen and oxygen atoms in total. The Morgan fingerprint density at radius 2 is 2.35 bits per heavy atom. The Morgan fingerprint density at radius 1 is 1.59 bits per heavy atom. The van der Waals surface area contributed by atoms with E-state index in [4.69, 9.17) is 9.47 Å². The summed E-state index contributed by atoms with van der Waals surface area (Å²) in [7, 11) is 3.97. The zero-order chi connectivity index (χ0) is 12.4. The van der Waals surface area contributed by atoms with Gasteiger partial charge in [0.2, 0.25) is 0 Å². The zero-order valence-corrected chi connectivity index (χ0v) is 11.2. The summed E-state index contributed by atoms with van der Waals surface area (Å²) in [6, 6.07) is 0.256. The second-order valence-corrected chi connectivity index (χ2v) is 5.56. The van der Waals surface area contributed by atoms with Crippen molar-refractivity contribution in [1.29, 1.82) is 0 Å². The van der Waals surface area contributed by atoms with E-state index >= 15 is 0 Å².